The summed E-state index contributed by atoms with van der Waals surface area (Å²) >= 11 is 0. The van der Waals surface area contributed by atoms with Gasteiger partial charge in [-0.05, 0) is 55.3 Å². The second kappa shape index (κ2) is 5.46. The van der Waals surface area contributed by atoms with Crippen LogP contribution in [0.2, 0.25) is 0 Å². The van der Waals surface area contributed by atoms with Gasteiger partial charge in [-0.1, -0.05) is 30.3 Å². The number of rotatable bonds is 1. The average Bonchev–Trinajstić information content (AvgIpc) is 2.91. The molecule has 2 fully saturated rings. The average molecular weight is 308 g/mol. The molecule has 0 atom stereocenters. The molecule has 4 nitrogen and oxygen atoms in total. The fourth-order valence-corrected chi connectivity index (χ4v) is 3.86. The lowest BCUT2D eigenvalue weighted by Crippen LogP contribution is -2.44. The molecule has 2 aliphatic rings. The summed E-state index contributed by atoms with van der Waals surface area (Å²) in [5.74, 6) is -0.131. The first kappa shape index (κ1) is 14.4. The van der Waals surface area contributed by atoms with Crippen molar-refractivity contribution in [1.82, 2.24) is 10.2 Å². The maximum atomic E-state index is 12.8. The van der Waals surface area contributed by atoms with Gasteiger partial charge in [0.25, 0.3) is 5.91 Å². The molecule has 118 valence electrons. The van der Waals surface area contributed by atoms with Crippen molar-refractivity contribution in [3.63, 3.8) is 0 Å². The van der Waals surface area contributed by atoms with Gasteiger partial charge < -0.3 is 5.32 Å². The van der Waals surface area contributed by atoms with Gasteiger partial charge in [0.2, 0.25) is 5.91 Å². The summed E-state index contributed by atoms with van der Waals surface area (Å²) in [6.07, 6.45) is 2.48. The molecule has 2 aliphatic heterocycles. The minimum atomic E-state index is -0.308. The molecule has 0 bridgehead atoms. The number of nitrogens with zero attached hydrogens (tertiary/aromatic N) is 1. The molecule has 1 spiro atoms. The predicted octanol–water partition coefficient (Wildman–Crippen LogP) is 2.58. The van der Waals surface area contributed by atoms with Crippen molar-refractivity contribution >= 4 is 22.6 Å². The van der Waals surface area contributed by atoms with E-state index >= 15 is 0 Å². The Morgan fingerprint density at radius 2 is 1.74 bits per heavy atom. The van der Waals surface area contributed by atoms with Crippen molar-refractivity contribution in [1.29, 1.82) is 0 Å². The van der Waals surface area contributed by atoms with Gasteiger partial charge in [0.15, 0.2) is 0 Å². The van der Waals surface area contributed by atoms with Crippen LogP contribution >= 0.6 is 0 Å². The molecule has 0 radical (unpaired) electrons. The Morgan fingerprint density at radius 3 is 2.52 bits per heavy atom. The van der Waals surface area contributed by atoms with Gasteiger partial charge in [-0.3, -0.25) is 14.5 Å². The zero-order valence-corrected chi connectivity index (χ0v) is 13.0. The van der Waals surface area contributed by atoms with Crippen LogP contribution in [-0.4, -0.2) is 36.3 Å². The summed E-state index contributed by atoms with van der Waals surface area (Å²) < 4.78 is 0. The molecular formula is C19H20N2O2. The number of fused-ring (bicyclic) bond motifs is 1. The Balaban J connectivity index is 1.62. The number of hydrogen-bond acceptors (Lipinski definition) is 3. The molecule has 0 aliphatic carbocycles. The number of carbonyl (C=O) groups is 2. The van der Waals surface area contributed by atoms with Gasteiger partial charge in [0.1, 0.15) is 0 Å². The highest BCUT2D eigenvalue weighted by molar-refractivity contribution is 6.08. The van der Waals surface area contributed by atoms with E-state index in [0.29, 0.717) is 12.1 Å². The minimum Gasteiger partial charge on any atom is -0.317 e. The smallest absolute Gasteiger partial charge is 0.260 e. The van der Waals surface area contributed by atoms with Gasteiger partial charge in [0, 0.05) is 12.1 Å². The Kier molecular flexibility index (Phi) is 3.42. The normalized spacial score (nSPS) is 20.3. The number of likely N-dealkylation sites (tertiary alicyclic amines) is 1. The van der Waals surface area contributed by atoms with Crippen molar-refractivity contribution in [2.75, 3.05) is 19.6 Å². The minimum absolute atomic E-state index is 0.0251. The van der Waals surface area contributed by atoms with Crippen LogP contribution in [0.25, 0.3) is 10.8 Å². The predicted molar refractivity (Wildman–Crippen MR) is 89.1 cm³/mol. The van der Waals surface area contributed by atoms with Crippen LogP contribution in [0, 0.1) is 5.41 Å². The Morgan fingerprint density at radius 1 is 1.00 bits per heavy atom. The molecule has 0 aromatic heterocycles. The van der Waals surface area contributed by atoms with Crippen LogP contribution in [0.15, 0.2) is 42.5 Å². The Bertz CT molecular complexity index is 778. The molecule has 0 saturated carbocycles. The van der Waals surface area contributed by atoms with Crippen LogP contribution in [0.3, 0.4) is 0 Å². The summed E-state index contributed by atoms with van der Waals surface area (Å²) in [6, 6.07) is 13.6. The molecule has 2 aromatic carbocycles. The molecule has 4 rings (SSSR count). The van der Waals surface area contributed by atoms with E-state index in [4.69, 9.17) is 0 Å². The fraction of sp³-hybridized carbons (Fsp3) is 0.368. The summed E-state index contributed by atoms with van der Waals surface area (Å²) in [4.78, 5) is 27.1. The van der Waals surface area contributed by atoms with Crippen LogP contribution < -0.4 is 5.32 Å². The monoisotopic (exact) mass is 308 g/mol. The van der Waals surface area contributed by atoms with Gasteiger partial charge in [-0.25, -0.2) is 0 Å². The van der Waals surface area contributed by atoms with E-state index in [-0.39, 0.29) is 17.2 Å². The molecule has 2 amide bonds. The van der Waals surface area contributed by atoms with Crippen molar-refractivity contribution in [2.45, 2.75) is 19.3 Å². The first-order valence-electron chi connectivity index (χ1n) is 8.25. The molecule has 0 unspecified atom stereocenters. The number of amides is 2. The molecule has 1 N–H and O–H groups in total. The molecular weight excluding hydrogens is 288 g/mol. The lowest BCUT2D eigenvalue weighted by molar-refractivity contribution is -0.135. The Labute approximate surface area is 135 Å². The van der Waals surface area contributed by atoms with Crippen LogP contribution in [0.1, 0.15) is 29.6 Å². The van der Waals surface area contributed by atoms with Crippen molar-refractivity contribution in [2.24, 2.45) is 5.41 Å². The van der Waals surface area contributed by atoms with E-state index in [0.717, 1.165) is 43.1 Å². The number of carbonyl (C=O) groups excluding carboxylic acids is 2. The van der Waals surface area contributed by atoms with Crippen LogP contribution in [-0.2, 0) is 4.79 Å². The number of benzene rings is 2. The topological polar surface area (TPSA) is 49.4 Å². The maximum Gasteiger partial charge on any atom is 0.260 e. The van der Waals surface area contributed by atoms with Gasteiger partial charge in [0.05, 0.1) is 5.41 Å². The highest BCUT2D eigenvalue weighted by Gasteiger charge is 2.48. The molecule has 2 aromatic rings. The standard InChI is InChI=1S/C19H20N2O2/c22-17(16-6-5-14-3-1-2-4-15(14)13-16)21-12-9-19(18(21)23)7-10-20-11-8-19/h1-6,13,20H,7-12H2. The van der Waals surface area contributed by atoms with E-state index < -0.39 is 0 Å². The highest BCUT2D eigenvalue weighted by Crippen LogP contribution is 2.40. The quantitative estimate of drug-likeness (QED) is 0.824. The van der Waals surface area contributed by atoms with Gasteiger partial charge in [-0.2, -0.15) is 0 Å². The SMILES string of the molecule is O=C(c1ccc2ccccc2c1)N1CCC2(CCNCC2)C1=O. The molecule has 2 heterocycles. The van der Waals surface area contributed by atoms with Gasteiger partial charge in [-0.15, -0.1) is 0 Å². The zero-order chi connectivity index (χ0) is 15.9. The van der Waals surface area contributed by atoms with E-state index in [9.17, 15) is 9.59 Å². The third-order valence-corrected chi connectivity index (χ3v) is 5.32. The van der Waals surface area contributed by atoms with Crippen LogP contribution in [0.4, 0.5) is 0 Å². The number of nitrogens with one attached hydrogen (secondary N) is 1. The van der Waals surface area contributed by atoms with Crippen molar-refractivity contribution < 1.29 is 9.59 Å². The van der Waals surface area contributed by atoms with Crippen LogP contribution in [0.5, 0.6) is 0 Å². The lowest BCUT2D eigenvalue weighted by atomic mass is 9.78. The van der Waals surface area contributed by atoms with E-state index in [1.165, 1.54) is 4.90 Å². The summed E-state index contributed by atoms with van der Waals surface area (Å²) in [5.41, 5.74) is 0.292. The highest BCUT2D eigenvalue weighted by atomic mass is 16.2. The summed E-state index contributed by atoms with van der Waals surface area (Å²) in [5, 5.41) is 5.43. The number of piperidine rings is 1. The molecule has 23 heavy (non-hydrogen) atoms. The number of imide groups is 1. The second-order valence-corrected chi connectivity index (χ2v) is 6.60. The fourth-order valence-electron chi connectivity index (χ4n) is 3.86. The lowest BCUT2D eigenvalue weighted by Gasteiger charge is -2.31. The third-order valence-electron chi connectivity index (χ3n) is 5.32. The van der Waals surface area contributed by atoms with Crippen molar-refractivity contribution in [3.8, 4) is 0 Å². The maximum absolute atomic E-state index is 12.8. The first-order valence-corrected chi connectivity index (χ1v) is 8.25. The van der Waals surface area contributed by atoms with E-state index in [2.05, 4.69) is 5.32 Å². The van der Waals surface area contributed by atoms with Gasteiger partial charge >= 0.3 is 0 Å². The number of hydrogen-bond donors (Lipinski definition) is 1. The summed E-state index contributed by atoms with van der Waals surface area (Å²) in [7, 11) is 0. The Hall–Kier alpha value is -2.20. The molecule has 2 saturated heterocycles. The zero-order valence-electron chi connectivity index (χ0n) is 13.0. The van der Waals surface area contributed by atoms with Crippen molar-refractivity contribution in [3.05, 3.63) is 48.0 Å². The first-order chi connectivity index (χ1) is 11.2. The third kappa shape index (κ3) is 2.34. The van der Waals surface area contributed by atoms with E-state index in [1.54, 1.807) is 0 Å². The second-order valence-electron chi connectivity index (χ2n) is 6.60. The largest absolute Gasteiger partial charge is 0.317 e. The summed E-state index contributed by atoms with van der Waals surface area (Å²) in [6.45, 7) is 2.28. The molecule has 4 heteroatoms. The van der Waals surface area contributed by atoms with E-state index in [1.807, 2.05) is 42.5 Å².